The molecule has 0 aromatic carbocycles. The minimum absolute atomic E-state index is 0.204. The average molecular weight is 408 g/mol. The van der Waals surface area contributed by atoms with Crippen LogP contribution >= 0.6 is 0 Å². The van der Waals surface area contributed by atoms with Gasteiger partial charge in [-0.25, -0.2) is 14.4 Å². The van der Waals surface area contributed by atoms with Gasteiger partial charge in [0.1, 0.15) is 11.4 Å². The second kappa shape index (κ2) is 6.77. The van der Waals surface area contributed by atoms with Gasteiger partial charge in [0.25, 0.3) is 0 Å². The van der Waals surface area contributed by atoms with Crippen LogP contribution in [-0.2, 0) is 0 Å². The maximum atomic E-state index is 15.5. The van der Waals surface area contributed by atoms with Crippen LogP contribution in [0.1, 0.15) is 0 Å². The lowest BCUT2D eigenvalue weighted by atomic mass is 10.1. The van der Waals surface area contributed by atoms with E-state index in [1.807, 2.05) is 18.2 Å². The molecule has 8 nitrogen and oxygen atoms in total. The van der Waals surface area contributed by atoms with Crippen LogP contribution in [0.25, 0.3) is 56.0 Å². The number of aromatic nitrogens is 8. The molecule has 6 rings (SSSR count). The first-order chi connectivity index (χ1) is 15.3. The lowest BCUT2D eigenvalue weighted by molar-refractivity contribution is 0.638. The van der Waals surface area contributed by atoms with Gasteiger partial charge in [0.05, 0.1) is 22.6 Å². The smallest absolute Gasteiger partial charge is 0.178 e. The molecular formula is C22H13FN8. The van der Waals surface area contributed by atoms with Gasteiger partial charge in [-0.1, -0.05) is 0 Å². The van der Waals surface area contributed by atoms with Gasteiger partial charge in [0.2, 0.25) is 0 Å². The highest BCUT2D eigenvalue weighted by Gasteiger charge is 2.21. The molecule has 6 heterocycles. The Balaban J connectivity index is 1.56. The summed E-state index contributed by atoms with van der Waals surface area (Å²) in [5.41, 5.74) is 4.77. The van der Waals surface area contributed by atoms with Crippen LogP contribution < -0.4 is 0 Å². The number of nitrogens with one attached hydrogen (secondary N) is 2. The molecule has 0 aliphatic rings. The van der Waals surface area contributed by atoms with E-state index >= 15 is 4.39 Å². The van der Waals surface area contributed by atoms with Crippen LogP contribution in [0.2, 0.25) is 0 Å². The normalized spacial score (nSPS) is 11.4. The molecule has 0 spiro atoms. The number of fused-ring (bicyclic) bond motifs is 2. The van der Waals surface area contributed by atoms with Gasteiger partial charge in [0, 0.05) is 42.1 Å². The lowest BCUT2D eigenvalue weighted by Gasteiger charge is -2.03. The molecule has 0 atom stereocenters. The second-order valence-electron chi connectivity index (χ2n) is 6.90. The molecule has 9 heteroatoms. The predicted octanol–water partition coefficient (Wildman–Crippen LogP) is 4.16. The Kier molecular flexibility index (Phi) is 3.79. The van der Waals surface area contributed by atoms with Gasteiger partial charge in [-0.05, 0) is 35.9 Å². The third-order valence-corrected chi connectivity index (χ3v) is 5.09. The van der Waals surface area contributed by atoms with Crippen molar-refractivity contribution in [2.45, 2.75) is 0 Å². The summed E-state index contributed by atoms with van der Waals surface area (Å²) in [6.07, 6.45) is 9.90. The summed E-state index contributed by atoms with van der Waals surface area (Å²) in [7, 11) is 0. The van der Waals surface area contributed by atoms with Crippen LogP contribution in [0, 0.1) is 5.82 Å². The third kappa shape index (κ3) is 2.75. The zero-order valence-electron chi connectivity index (χ0n) is 15.9. The highest BCUT2D eigenvalue weighted by Crippen LogP contribution is 2.33. The van der Waals surface area contributed by atoms with E-state index in [2.05, 4.69) is 40.1 Å². The molecule has 0 unspecified atom stereocenters. The Morgan fingerprint density at radius 2 is 1.71 bits per heavy atom. The molecule has 148 valence electrons. The van der Waals surface area contributed by atoms with Gasteiger partial charge >= 0.3 is 0 Å². The van der Waals surface area contributed by atoms with Crippen molar-refractivity contribution in [1.82, 2.24) is 40.1 Å². The first-order valence-corrected chi connectivity index (χ1v) is 9.48. The number of pyridine rings is 4. The quantitative estimate of drug-likeness (QED) is 0.455. The van der Waals surface area contributed by atoms with Crippen molar-refractivity contribution in [1.29, 1.82) is 0 Å². The molecule has 31 heavy (non-hydrogen) atoms. The highest BCUT2D eigenvalue weighted by molar-refractivity contribution is 5.97. The van der Waals surface area contributed by atoms with Crippen molar-refractivity contribution in [2.24, 2.45) is 0 Å². The fraction of sp³-hybridized carbons (Fsp3) is 0. The summed E-state index contributed by atoms with van der Waals surface area (Å²) in [4.78, 5) is 24.6. The van der Waals surface area contributed by atoms with E-state index in [-0.39, 0.29) is 5.69 Å². The lowest BCUT2D eigenvalue weighted by Crippen LogP contribution is -1.92. The SMILES string of the molecule is Fc1c(-c2cccnc2)ncc2[nH]nc(-c3nc4nccc(-c5ccncc5)c4[nH]3)c12. The van der Waals surface area contributed by atoms with E-state index in [1.54, 1.807) is 49.3 Å². The molecule has 6 aromatic heterocycles. The standard InChI is InChI=1S/C22H13FN8/c23-17-16-15(11-27-18(17)13-2-1-6-25-10-13)30-31-20(16)22-28-19-14(5-9-26-21(19)29-22)12-3-7-24-8-4-12/h1-11H,(H,30,31)(H,26,28,29). The summed E-state index contributed by atoms with van der Waals surface area (Å²) in [6, 6.07) is 9.21. The average Bonchev–Trinajstić information content (AvgIpc) is 3.45. The zero-order valence-corrected chi connectivity index (χ0v) is 15.9. The van der Waals surface area contributed by atoms with E-state index in [1.165, 1.54) is 0 Å². The molecule has 2 N–H and O–H groups in total. The predicted molar refractivity (Wildman–Crippen MR) is 113 cm³/mol. The Labute approximate surface area is 174 Å². The zero-order chi connectivity index (χ0) is 20.8. The molecule has 0 radical (unpaired) electrons. The van der Waals surface area contributed by atoms with Crippen molar-refractivity contribution in [3.05, 3.63) is 73.3 Å². The Bertz CT molecular complexity index is 1540. The first-order valence-electron chi connectivity index (χ1n) is 9.48. The molecule has 0 aliphatic heterocycles. The van der Waals surface area contributed by atoms with Crippen LogP contribution in [0.5, 0.6) is 0 Å². The van der Waals surface area contributed by atoms with E-state index in [4.69, 9.17) is 0 Å². The number of halogens is 1. The van der Waals surface area contributed by atoms with Crippen molar-refractivity contribution in [3.8, 4) is 33.9 Å². The number of H-pyrrole nitrogens is 2. The minimum atomic E-state index is -0.489. The summed E-state index contributed by atoms with van der Waals surface area (Å²) >= 11 is 0. The summed E-state index contributed by atoms with van der Waals surface area (Å²) < 4.78 is 15.5. The summed E-state index contributed by atoms with van der Waals surface area (Å²) in [5, 5.41) is 7.45. The maximum absolute atomic E-state index is 15.5. The third-order valence-electron chi connectivity index (χ3n) is 5.09. The number of aromatic amines is 2. The van der Waals surface area contributed by atoms with Gasteiger partial charge < -0.3 is 4.98 Å². The molecule has 6 aromatic rings. The molecule has 0 fully saturated rings. The first kappa shape index (κ1) is 17.3. The number of hydrogen-bond acceptors (Lipinski definition) is 6. The van der Waals surface area contributed by atoms with Crippen molar-refractivity contribution in [3.63, 3.8) is 0 Å². The van der Waals surface area contributed by atoms with E-state index in [0.717, 1.165) is 16.6 Å². The fourth-order valence-electron chi connectivity index (χ4n) is 3.65. The van der Waals surface area contributed by atoms with E-state index in [9.17, 15) is 0 Å². The van der Waals surface area contributed by atoms with Gasteiger partial charge in [-0.2, -0.15) is 5.10 Å². The largest absolute Gasteiger partial charge is 0.335 e. The molecule has 0 amide bonds. The van der Waals surface area contributed by atoms with Gasteiger partial charge in [0.15, 0.2) is 17.3 Å². The molecular weight excluding hydrogens is 395 g/mol. The van der Waals surface area contributed by atoms with Crippen LogP contribution in [0.15, 0.2) is 67.5 Å². The maximum Gasteiger partial charge on any atom is 0.178 e. The van der Waals surface area contributed by atoms with Crippen molar-refractivity contribution >= 4 is 22.1 Å². The molecule has 0 bridgehead atoms. The van der Waals surface area contributed by atoms with Crippen LogP contribution in [0.4, 0.5) is 4.39 Å². The molecule has 0 aliphatic carbocycles. The number of nitrogens with zero attached hydrogens (tertiary/aromatic N) is 6. The monoisotopic (exact) mass is 408 g/mol. The second-order valence-corrected chi connectivity index (χ2v) is 6.90. The molecule has 0 saturated heterocycles. The number of hydrogen-bond donors (Lipinski definition) is 2. The topological polar surface area (TPSA) is 109 Å². The van der Waals surface area contributed by atoms with Gasteiger partial charge in [-0.15, -0.1) is 0 Å². The Hall–Kier alpha value is -4.53. The number of imidazole rings is 1. The number of rotatable bonds is 3. The van der Waals surface area contributed by atoms with E-state index in [0.29, 0.717) is 33.6 Å². The van der Waals surface area contributed by atoms with Crippen molar-refractivity contribution in [2.75, 3.05) is 0 Å². The van der Waals surface area contributed by atoms with E-state index < -0.39 is 5.82 Å². The summed E-state index contributed by atoms with van der Waals surface area (Å²) in [5.74, 6) is -0.0745. The Morgan fingerprint density at radius 1 is 0.806 bits per heavy atom. The molecule has 0 saturated carbocycles. The van der Waals surface area contributed by atoms with Crippen LogP contribution in [0.3, 0.4) is 0 Å². The van der Waals surface area contributed by atoms with Gasteiger partial charge in [-0.3, -0.25) is 20.1 Å². The minimum Gasteiger partial charge on any atom is -0.335 e. The summed E-state index contributed by atoms with van der Waals surface area (Å²) in [6.45, 7) is 0. The fourth-order valence-corrected chi connectivity index (χ4v) is 3.65. The highest BCUT2D eigenvalue weighted by atomic mass is 19.1. The Morgan fingerprint density at radius 3 is 2.55 bits per heavy atom. The van der Waals surface area contributed by atoms with Crippen molar-refractivity contribution < 1.29 is 4.39 Å². The van der Waals surface area contributed by atoms with Crippen LogP contribution in [-0.4, -0.2) is 40.1 Å².